The molecule has 0 unspecified atom stereocenters. The van der Waals surface area contributed by atoms with E-state index in [4.69, 9.17) is 0 Å². The lowest BCUT2D eigenvalue weighted by Gasteiger charge is -2.13. The summed E-state index contributed by atoms with van der Waals surface area (Å²) >= 11 is 0. The fraction of sp³-hybridized carbons (Fsp3) is 0.182. The molecule has 2 aromatic carbocycles. The van der Waals surface area contributed by atoms with Gasteiger partial charge in [0.05, 0.1) is 0 Å². The van der Waals surface area contributed by atoms with Crippen LogP contribution in [-0.4, -0.2) is 16.3 Å². The minimum absolute atomic E-state index is 0.0553. The van der Waals surface area contributed by atoms with Crippen LogP contribution in [0.2, 0.25) is 0 Å². The smallest absolute Gasteiger partial charge is 0.244 e. The average molecular weight is 364 g/mol. The molecule has 0 fully saturated rings. The predicted molar refractivity (Wildman–Crippen MR) is 104 cm³/mol. The highest BCUT2D eigenvalue weighted by atomic mass is 19.1. The number of ketones is 1. The molecule has 0 aliphatic heterocycles. The van der Waals surface area contributed by atoms with Crippen molar-refractivity contribution in [2.45, 2.75) is 27.3 Å². The highest BCUT2D eigenvalue weighted by Gasteiger charge is 2.18. The highest BCUT2D eigenvalue weighted by Crippen LogP contribution is 2.27. The molecule has 1 N–H and O–H groups in total. The van der Waals surface area contributed by atoms with Crippen LogP contribution in [0.25, 0.3) is 11.3 Å². The van der Waals surface area contributed by atoms with Gasteiger partial charge in [-0.05, 0) is 74.4 Å². The molecule has 4 nitrogen and oxygen atoms in total. The summed E-state index contributed by atoms with van der Waals surface area (Å²) in [6.45, 7) is 5.31. The molecule has 0 bridgehead atoms. The van der Waals surface area contributed by atoms with Crippen LogP contribution in [0.5, 0.6) is 0 Å². The lowest BCUT2D eigenvalue weighted by molar-refractivity contribution is -0.116. The Bertz CT molecular complexity index is 1000. The Labute approximate surface area is 157 Å². The van der Waals surface area contributed by atoms with Gasteiger partial charge in [-0.3, -0.25) is 9.59 Å². The number of nitrogens with zero attached hydrogens (tertiary/aromatic N) is 1. The van der Waals surface area contributed by atoms with Crippen LogP contribution in [0.4, 0.5) is 10.1 Å². The molecule has 0 aliphatic rings. The van der Waals surface area contributed by atoms with Gasteiger partial charge in [-0.2, -0.15) is 0 Å². The third-order valence-corrected chi connectivity index (χ3v) is 4.49. The predicted octanol–water partition coefficient (Wildman–Crippen LogP) is 4.75. The zero-order valence-electron chi connectivity index (χ0n) is 15.5. The monoisotopic (exact) mass is 364 g/mol. The Morgan fingerprint density at radius 3 is 2.37 bits per heavy atom. The van der Waals surface area contributed by atoms with Crippen molar-refractivity contribution in [1.82, 2.24) is 4.57 Å². The zero-order chi connectivity index (χ0) is 19.6. The second-order valence-corrected chi connectivity index (χ2v) is 6.60. The summed E-state index contributed by atoms with van der Waals surface area (Å²) in [4.78, 5) is 24.5. The Kier molecular flexibility index (Phi) is 5.21. The van der Waals surface area contributed by atoms with E-state index < -0.39 is 0 Å². The number of aromatic nitrogens is 1. The first-order chi connectivity index (χ1) is 12.8. The largest absolute Gasteiger partial charge is 0.335 e. The summed E-state index contributed by atoms with van der Waals surface area (Å²) in [6.07, 6.45) is 0. The van der Waals surface area contributed by atoms with Gasteiger partial charge < -0.3 is 9.88 Å². The first-order valence-electron chi connectivity index (χ1n) is 8.68. The number of nitrogens with one attached hydrogen (secondary N) is 1. The van der Waals surface area contributed by atoms with E-state index in [-0.39, 0.29) is 24.1 Å². The maximum absolute atomic E-state index is 13.3. The number of Topliss-reactive ketones (excluding diaryl/α,β-unsaturated/α-hetero) is 1. The number of amides is 1. The molecule has 1 heterocycles. The Balaban J connectivity index is 1.94. The second-order valence-electron chi connectivity index (χ2n) is 6.60. The molecule has 0 atom stereocenters. The van der Waals surface area contributed by atoms with Gasteiger partial charge in [0.15, 0.2) is 5.78 Å². The van der Waals surface area contributed by atoms with E-state index in [0.29, 0.717) is 17.0 Å². The third-order valence-electron chi connectivity index (χ3n) is 4.49. The number of carbonyl (C=O) groups is 2. The van der Waals surface area contributed by atoms with E-state index in [0.717, 1.165) is 16.8 Å². The normalized spacial score (nSPS) is 10.7. The number of carbonyl (C=O) groups excluding carboxylic acids is 2. The maximum atomic E-state index is 13.3. The molecule has 3 aromatic rings. The lowest BCUT2D eigenvalue weighted by Crippen LogP contribution is -2.20. The number of aryl methyl sites for hydroxylation is 1. The molecule has 0 saturated carbocycles. The fourth-order valence-electron chi connectivity index (χ4n) is 3.13. The number of rotatable bonds is 5. The quantitative estimate of drug-likeness (QED) is 0.664. The van der Waals surface area contributed by atoms with Gasteiger partial charge in [0.2, 0.25) is 5.91 Å². The first kappa shape index (κ1) is 18.6. The number of hydrogen-bond donors (Lipinski definition) is 1. The van der Waals surface area contributed by atoms with E-state index >= 15 is 0 Å². The molecule has 1 aromatic heterocycles. The number of anilines is 1. The molecule has 27 heavy (non-hydrogen) atoms. The van der Waals surface area contributed by atoms with Crippen molar-refractivity contribution in [3.63, 3.8) is 0 Å². The molecule has 0 saturated heterocycles. The van der Waals surface area contributed by atoms with Crippen LogP contribution in [0, 0.1) is 19.7 Å². The topological polar surface area (TPSA) is 51.1 Å². The van der Waals surface area contributed by atoms with Crippen molar-refractivity contribution < 1.29 is 14.0 Å². The minimum atomic E-state index is -0.336. The SMILES string of the molecule is CC(=O)c1cc(-c2ccc(F)cc2)n(CC(=O)Nc2cccc(C)c2)c1C. The molecule has 138 valence electrons. The molecular formula is C22H21FN2O2. The Morgan fingerprint density at radius 1 is 1.04 bits per heavy atom. The van der Waals surface area contributed by atoms with Crippen LogP contribution < -0.4 is 5.32 Å². The number of benzene rings is 2. The lowest BCUT2D eigenvalue weighted by atomic mass is 10.1. The summed E-state index contributed by atoms with van der Waals surface area (Å²) in [5, 5.41) is 2.88. The standard InChI is InChI=1S/C22H21FN2O2/c1-14-5-4-6-19(11-14)24-22(27)13-25-15(2)20(16(3)26)12-21(25)17-7-9-18(23)10-8-17/h4-12H,13H2,1-3H3,(H,24,27). The van der Waals surface area contributed by atoms with Gasteiger partial charge in [-0.15, -0.1) is 0 Å². The fourth-order valence-corrected chi connectivity index (χ4v) is 3.13. The summed E-state index contributed by atoms with van der Waals surface area (Å²) in [5.74, 6) is -0.607. The molecule has 0 spiro atoms. The van der Waals surface area contributed by atoms with E-state index in [1.54, 1.807) is 22.8 Å². The van der Waals surface area contributed by atoms with Gasteiger partial charge in [0, 0.05) is 22.6 Å². The van der Waals surface area contributed by atoms with Crippen LogP contribution in [0.3, 0.4) is 0 Å². The van der Waals surface area contributed by atoms with Gasteiger partial charge in [-0.25, -0.2) is 4.39 Å². The van der Waals surface area contributed by atoms with Gasteiger partial charge in [-0.1, -0.05) is 12.1 Å². The van der Waals surface area contributed by atoms with Crippen molar-refractivity contribution in [2.24, 2.45) is 0 Å². The van der Waals surface area contributed by atoms with Crippen LogP contribution in [0.1, 0.15) is 28.5 Å². The van der Waals surface area contributed by atoms with Crippen molar-refractivity contribution >= 4 is 17.4 Å². The number of halogens is 1. The van der Waals surface area contributed by atoms with Crippen molar-refractivity contribution in [3.05, 3.63) is 77.2 Å². The van der Waals surface area contributed by atoms with Crippen molar-refractivity contribution in [1.29, 1.82) is 0 Å². The summed E-state index contributed by atoms with van der Waals surface area (Å²) in [6, 6.07) is 15.3. The van der Waals surface area contributed by atoms with Crippen molar-refractivity contribution in [2.75, 3.05) is 5.32 Å². The molecule has 0 aliphatic carbocycles. The average Bonchev–Trinajstić information content (AvgIpc) is 2.92. The van der Waals surface area contributed by atoms with Crippen LogP contribution >= 0.6 is 0 Å². The number of hydrogen-bond acceptors (Lipinski definition) is 2. The summed E-state index contributed by atoms with van der Waals surface area (Å²) in [5.41, 5.74) is 4.49. The van der Waals surface area contributed by atoms with E-state index in [2.05, 4.69) is 5.32 Å². The molecule has 1 amide bonds. The Morgan fingerprint density at radius 2 is 1.74 bits per heavy atom. The van der Waals surface area contributed by atoms with Crippen LogP contribution in [-0.2, 0) is 11.3 Å². The molecule has 0 radical (unpaired) electrons. The van der Waals surface area contributed by atoms with E-state index in [9.17, 15) is 14.0 Å². The third kappa shape index (κ3) is 4.14. The van der Waals surface area contributed by atoms with Crippen molar-refractivity contribution in [3.8, 4) is 11.3 Å². The molecule has 5 heteroatoms. The zero-order valence-corrected chi connectivity index (χ0v) is 15.5. The van der Waals surface area contributed by atoms with Gasteiger partial charge in [0.25, 0.3) is 0 Å². The maximum Gasteiger partial charge on any atom is 0.244 e. The van der Waals surface area contributed by atoms with Gasteiger partial charge in [0.1, 0.15) is 12.4 Å². The van der Waals surface area contributed by atoms with E-state index in [1.807, 2.05) is 38.1 Å². The first-order valence-corrected chi connectivity index (χ1v) is 8.68. The summed E-state index contributed by atoms with van der Waals surface area (Å²) < 4.78 is 15.1. The summed E-state index contributed by atoms with van der Waals surface area (Å²) in [7, 11) is 0. The minimum Gasteiger partial charge on any atom is -0.335 e. The highest BCUT2D eigenvalue weighted by molar-refractivity contribution is 5.97. The van der Waals surface area contributed by atoms with Gasteiger partial charge >= 0.3 is 0 Å². The van der Waals surface area contributed by atoms with E-state index in [1.165, 1.54) is 19.1 Å². The van der Waals surface area contributed by atoms with Crippen LogP contribution in [0.15, 0.2) is 54.6 Å². The second kappa shape index (κ2) is 7.58. The molecule has 3 rings (SSSR count). The molecular weight excluding hydrogens is 343 g/mol. The Hall–Kier alpha value is -3.21.